The fourth-order valence-electron chi connectivity index (χ4n) is 3.11. The van der Waals surface area contributed by atoms with Crippen molar-refractivity contribution in [2.75, 3.05) is 0 Å². The molecule has 0 aliphatic heterocycles. The topological polar surface area (TPSA) is 77.4 Å². The summed E-state index contributed by atoms with van der Waals surface area (Å²) in [6.45, 7) is 4.31. The SMILES string of the molecule is CCCCCCCCC(CCCCC(O)CCCCC)S(=O)(=O)[O-].[Na+]. The number of hydrogen-bond acceptors (Lipinski definition) is 4. The molecule has 0 aliphatic carbocycles. The van der Waals surface area contributed by atoms with Gasteiger partial charge in [0.1, 0.15) is 0 Å². The number of aliphatic hydroxyl groups is 1. The van der Waals surface area contributed by atoms with Crippen molar-refractivity contribution in [1.82, 2.24) is 0 Å². The second kappa shape index (κ2) is 18.2. The standard InChI is InChI=1S/C19H40O4S.Na/c1-3-5-7-8-9-11-16-19(24(21,22)23)17-13-12-15-18(20)14-10-6-4-2;/h18-20H,3-17H2,1-2H3,(H,21,22,23);/q;+1/p-1. The van der Waals surface area contributed by atoms with Gasteiger partial charge in [-0.05, 0) is 25.7 Å². The van der Waals surface area contributed by atoms with Crippen LogP contribution in [0.15, 0.2) is 0 Å². The van der Waals surface area contributed by atoms with E-state index in [1.165, 1.54) is 19.3 Å². The van der Waals surface area contributed by atoms with Crippen molar-refractivity contribution in [1.29, 1.82) is 0 Å². The van der Waals surface area contributed by atoms with Crippen molar-refractivity contribution in [3.05, 3.63) is 0 Å². The number of unbranched alkanes of at least 4 members (excludes halogenated alkanes) is 8. The van der Waals surface area contributed by atoms with Gasteiger partial charge in [-0.25, -0.2) is 8.42 Å². The molecule has 6 heteroatoms. The third kappa shape index (κ3) is 18.0. The van der Waals surface area contributed by atoms with Crippen LogP contribution < -0.4 is 29.6 Å². The molecule has 2 unspecified atom stereocenters. The Morgan fingerprint density at radius 1 is 0.720 bits per heavy atom. The molecule has 0 saturated heterocycles. The molecule has 0 aromatic carbocycles. The fourth-order valence-corrected chi connectivity index (χ4v) is 4.02. The van der Waals surface area contributed by atoms with E-state index in [-0.39, 0.29) is 35.7 Å². The summed E-state index contributed by atoms with van der Waals surface area (Å²) in [5.41, 5.74) is 0. The summed E-state index contributed by atoms with van der Waals surface area (Å²) >= 11 is 0. The van der Waals surface area contributed by atoms with Crippen LogP contribution in [0.1, 0.15) is 110 Å². The largest absolute Gasteiger partial charge is 1.00 e. The van der Waals surface area contributed by atoms with Crippen LogP contribution >= 0.6 is 0 Å². The summed E-state index contributed by atoms with van der Waals surface area (Å²) in [6.07, 6.45) is 13.7. The quantitative estimate of drug-likeness (QED) is 0.236. The first-order valence-electron chi connectivity index (χ1n) is 10.0. The van der Waals surface area contributed by atoms with Gasteiger partial charge in [-0.1, -0.05) is 84.5 Å². The van der Waals surface area contributed by atoms with Gasteiger partial charge in [0, 0.05) is 5.25 Å². The minimum Gasteiger partial charge on any atom is -0.748 e. The van der Waals surface area contributed by atoms with Crippen molar-refractivity contribution < 1.29 is 47.6 Å². The van der Waals surface area contributed by atoms with E-state index in [2.05, 4.69) is 13.8 Å². The Morgan fingerprint density at radius 3 is 1.60 bits per heavy atom. The van der Waals surface area contributed by atoms with E-state index < -0.39 is 15.4 Å². The van der Waals surface area contributed by atoms with Crippen molar-refractivity contribution in [3.8, 4) is 0 Å². The molecule has 25 heavy (non-hydrogen) atoms. The zero-order valence-corrected chi connectivity index (χ0v) is 19.7. The summed E-state index contributed by atoms with van der Waals surface area (Å²) in [6, 6.07) is 0. The van der Waals surface area contributed by atoms with Gasteiger partial charge in [0.15, 0.2) is 0 Å². The minimum atomic E-state index is -4.19. The van der Waals surface area contributed by atoms with Gasteiger partial charge in [0.2, 0.25) is 0 Å². The van der Waals surface area contributed by atoms with E-state index in [1.807, 2.05) is 0 Å². The predicted octanol–water partition coefficient (Wildman–Crippen LogP) is 2.16. The molecule has 0 amide bonds. The van der Waals surface area contributed by atoms with Crippen molar-refractivity contribution in [2.45, 2.75) is 122 Å². The van der Waals surface area contributed by atoms with E-state index in [9.17, 15) is 18.1 Å². The van der Waals surface area contributed by atoms with E-state index in [4.69, 9.17) is 0 Å². The second-order valence-corrected chi connectivity index (χ2v) is 8.76. The Morgan fingerprint density at radius 2 is 1.08 bits per heavy atom. The zero-order valence-electron chi connectivity index (χ0n) is 16.8. The molecular formula is C19H39NaO4S. The smallest absolute Gasteiger partial charge is 0.748 e. The van der Waals surface area contributed by atoms with Crippen molar-refractivity contribution in [3.63, 3.8) is 0 Å². The summed E-state index contributed by atoms with van der Waals surface area (Å²) in [5, 5.41) is 9.13. The van der Waals surface area contributed by atoms with Crippen LogP contribution in [0.4, 0.5) is 0 Å². The van der Waals surface area contributed by atoms with Gasteiger partial charge in [0.25, 0.3) is 0 Å². The zero-order chi connectivity index (χ0) is 18.3. The minimum absolute atomic E-state index is 0. The van der Waals surface area contributed by atoms with Gasteiger partial charge in [-0.15, -0.1) is 0 Å². The first-order valence-corrected chi connectivity index (χ1v) is 11.5. The molecule has 0 fully saturated rings. The number of hydrogen-bond donors (Lipinski definition) is 1. The van der Waals surface area contributed by atoms with E-state index in [1.54, 1.807) is 0 Å². The summed E-state index contributed by atoms with van der Waals surface area (Å²) in [5.74, 6) is 0. The molecule has 0 aliphatic rings. The fraction of sp³-hybridized carbons (Fsp3) is 1.00. The molecule has 0 radical (unpaired) electrons. The molecule has 0 aromatic rings. The molecular weight excluding hydrogens is 347 g/mol. The van der Waals surface area contributed by atoms with Crippen LogP contribution in [0.5, 0.6) is 0 Å². The monoisotopic (exact) mass is 386 g/mol. The third-order valence-electron chi connectivity index (χ3n) is 4.74. The maximum atomic E-state index is 11.4. The number of aliphatic hydroxyl groups excluding tert-OH is 1. The third-order valence-corrected chi connectivity index (χ3v) is 6.03. The molecule has 0 rings (SSSR count). The van der Waals surface area contributed by atoms with Crippen LogP contribution in [0, 0.1) is 0 Å². The van der Waals surface area contributed by atoms with E-state index in [0.29, 0.717) is 25.7 Å². The van der Waals surface area contributed by atoms with Crippen LogP contribution in [0.2, 0.25) is 0 Å². The molecule has 2 atom stereocenters. The van der Waals surface area contributed by atoms with Gasteiger partial charge in [-0.3, -0.25) is 0 Å². The van der Waals surface area contributed by atoms with Crippen molar-refractivity contribution in [2.24, 2.45) is 0 Å². The van der Waals surface area contributed by atoms with Gasteiger partial charge >= 0.3 is 29.6 Å². The van der Waals surface area contributed by atoms with Crippen molar-refractivity contribution >= 4 is 10.1 Å². The second-order valence-electron chi connectivity index (χ2n) is 7.11. The van der Waals surface area contributed by atoms with E-state index in [0.717, 1.165) is 51.4 Å². The van der Waals surface area contributed by atoms with Crippen LogP contribution in [0.3, 0.4) is 0 Å². The Kier molecular flexibility index (Phi) is 20.5. The Hall–Kier alpha value is 0.870. The molecule has 4 nitrogen and oxygen atoms in total. The molecule has 0 heterocycles. The van der Waals surface area contributed by atoms with Crippen LogP contribution in [-0.4, -0.2) is 29.4 Å². The van der Waals surface area contributed by atoms with Gasteiger partial charge in [-0.2, -0.15) is 0 Å². The van der Waals surface area contributed by atoms with E-state index >= 15 is 0 Å². The maximum absolute atomic E-state index is 11.4. The summed E-state index contributed by atoms with van der Waals surface area (Å²) in [4.78, 5) is 0. The van der Waals surface area contributed by atoms with Crippen LogP contribution in [0.25, 0.3) is 0 Å². The first kappa shape index (κ1) is 28.1. The molecule has 0 aromatic heterocycles. The molecule has 0 bridgehead atoms. The Balaban J connectivity index is 0. The van der Waals surface area contributed by atoms with Gasteiger partial charge in [0.05, 0.1) is 16.2 Å². The Bertz CT molecular complexity index is 374. The number of rotatable bonds is 17. The average Bonchev–Trinajstić information content (AvgIpc) is 2.51. The predicted molar refractivity (Wildman–Crippen MR) is 100 cm³/mol. The molecule has 0 saturated carbocycles. The molecule has 0 spiro atoms. The van der Waals surface area contributed by atoms with Crippen LogP contribution in [-0.2, 0) is 10.1 Å². The summed E-state index contributed by atoms with van der Waals surface area (Å²) < 4.78 is 34.2. The maximum Gasteiger partial charge on any atom is 1.00 e. The normalized spacial score (nSPS) is 14.1. The molecule has 146 valence electrons. The van der Waals surface area contributed by atoms with Gasteiger partial charge < -0.3 is 9.66 Å². The Labute approximate surface area is 178 Å². The first-order chi connectivity index (χ1) is 11.4. The average molecular weight is 387 g/mol. The summed E-state index contributed by atoms with van der Waals surface area (Å²) in [7, 11) is -4.19. The molecule has 1 N–H and O–H groups in total.